The van der Waals surface area contributed by atoms with Crippen LogP contribution in [-0.2, 0) is 25.5 Å². The van der Waals surface area contributed by atoms with Crippen LogP contribution in [0.1, 0.15) is 52.0 Å². The number of nitrogens with zero attached hydrogens (tertiary/aromatic N) is 1. The molecule has 2 rings (SSSR count). The number of rotatable bonds is 9. The van der Waals surface area contributed by atoms with Gasteiger partial charge in [-0.2, -0.15) is 0 Å². The van der Waals surface area contributed by atoms with Crippen molar-refractivity contribution in [2.45, 2.75) is 71.1 Å². The van der Waals surface area contributed by atoms with Crippen molar-refractivity contribution < 1.29 is 29.3 Å². The van der Waals surface area contributed by atoms with Crippen LogP contribution in [0.4, 0.5) is 5.69 Å². The Morgan fingerprint density at radius 1 is 1.29 bits per heavy atom. The third kappa shape index (κ3) is 6.27. The van der Waals surface area contributed by atoms with Gasteiger partial charge in [-0.05, 0) is 42.7 Å². The van der Waals surface area contributed by atoms with E-state index in [1.807, 2.05) is 38.1 Å². The van der Waals surface area contributed by atoms with Crippen LogP contribution in [-0.4, -0.2) is 53.4 Å². The molecular formula is C23H34N2O6. The zero-order valence-electron chi connectivity index (χ0n) is 18.7. The van der Waals surface area contributed by atoms with E-state index >= 15 is 0 Å². The lowest BCUT2D eigenvalue weighted by Crippen LogP contribution is -2.50. The van der Waals surface area contributed by atoms with E-state index in [9.17, 15) is 19.5 Å². The lowest BCUT2D eigenvalue weighted by atomic mass is 9.79. The molecule has 0 saturated heterocycles. The van der Waals surface area contributed by atoms with Crippen LogP contribution in [0.3, 0.4) is 0 Å². The van der Waals surface area contributed by atoms with Crippen LogP contribution >= 0.6 is 0 Å². The number of carbonyl (C=O) groups excluding carboxylic acids is 2. The number of ether oxygens (including phenoxy) is 1. The first-order valence-corrected chi connectivity index (χ1v) is 10.6. The first kappa shape index (κ1) is 24.8. The molecule has 4 N–H and O–H groups in total. The Morgan fingerprint density at radius 3 is 2.55 bits per heavy atom. The van der Waals surface area contributed by atoms with Crippen molar-refractivity contribution in [2.75, 3.05) is 12.0 Å². The quantitative estimate of drug-likeness (QED) is 0.508. The number of fused-ring (bicyclic) bond motifs is 1. The number of anilines is 1. The number of aliphatic hydroxyl groups excluding tert-OH is 1. The summed E-state index contributed by atoms with van der Waals surface area (Å²) in [5, 5.41) is 19.4. The number of aliphatic hydroxyl groups is 1. The van der Waals surface area contributed by atoms with Crippen LogP contribution in [0.25, 0.3) is 0 Å². The Hall–Kier alpha value is -2.45. The van der Waals surface area contributed by atoms with E-state index in [0.717, 1.165) is 5.56 Å². The van der Waals surface area contributed by atoms with Crippen LogP contribution in [0, 0.1) is 11.3 Å². The number of aliphatic carboxylic acids is 1. The molecule has 0 aliphatic carbocycles. The fourth-order valence-electron chi connectivity index (χ4n) is 4.19. The normalized spacial score (nSPS) is 19.2. The first-order valence-electron chi connectivity index (χ1n) is 10.6. The van der Waals surface area contributed by atoms with Gasteiger partial charge in [0.25, 0.3) is 0 Å². The Bertz CT molecular complexity index is 809. The van der Waals surface area contributed by atoms with Crippen molar-refractivity contribution >= 4 is 23.5 Å². The fourth-order valence-corrected chi connectivity index (χ4v) is 4.19. The van der Waals surface area contributed by atoms with Crippen LogP contribution in [0.5, 0.6) is 0 Å². The number of aryl methyl sites for hydroxylation is 1. The van der Waals surface area contributed by atoms with Crippen molar-refractivity contribution in [3.05, 3.63) is 29.8 Å². The third-order valence-electron chi connectivity index (χ3n) is 5.92. The summed E-state index contributed by atoms with van der Waals surface area (Å²) in [6.45, 7) is 5.27. The Kier molecular flexibility index (Phi) is 8.20. The third-order valence-corrected chi connectivity index (χ3v) is 5.92. The van der Waals surface area contributed by atoms with E-state index in [4.69, 9.17) is 15.6 Å². The molecule has 172 valence electrons. The molecule has 0 spiro atoms. The predicted octanol–water partition coefficient (Wildman–Crippen LogP) is 2.11. The molecule has 8 nitrogen and oxygen atoms in total. The van der Waals surface area contributed by atoms with Gasteiger partial charge in [0.1, 0.15) is 6.04 Å². The van der Waals surface area contributed by atoms with Crippen molar-refractivity contribution in [3.63, 3.8) is 0 Å². The van der Waals surface area contributed by atoms with Crippen molar-refractivity contribution in [1.82, 2.24) is 0 Å². The predicted molar refractivity (Wildman–Crippen MR) is 116 cm³/mol. The molecule has 8 heteroatoms. The van der Waals surface area contributed by atoms with E-state index < -0.39 is 41.5 Å². The highest BCUT2D eigenvalue weighted by atomic mass is 16.5. The number of hydrogen-bond donors (Lipinski definition) is 3. The number of para-hydroxylation sites is 1. The smallest absolute Gasteiger partial charge is 0.328 e. The molecule has 0 bridgehead atoms. The summed E-state index contributed by atoms with van der Waals surface area (Å²) in [4.78, 5) is 38.3. The van der Waals surface area contributed by atoms with Crippen molar-refractivity contribution in [3.8, 4) is 0 Å². The van der Waals surface area contributed by atoms with Gasteiger partial charge in [0, 0.05) is 18.2 Å². The van der Waals surface area contributed by atoms with Gasteiger partial charge in [0.05, 0.1) is 19.1 Å². The van der Waals surface area contributed by atoms with Gasteiger partial charge in [-0.25, -0.2) is 4.79 Å². The highest BCUT2D eigenvalue weighted by Crippen LogP contribution is 2.35. The molecule has 0 unspecified atom stereocenters. The van der Waals surface area contributed by atoms with Crippen LogP contribution < -0.4 is 10.6 Å². The van der Waals surface area contributed by atoms with Crippen molar-refractivity contribution in [1.29, 1.82) is 0 Å². The van der Waals surface area contributed by atoms with Gasteiger partial charge in [-0.1, -0.05) is 39.0 Å². The second-order valence-corrected chi connectivity index (χ2v) is 9.22. The lowest BCUT2D eigenvalue weighted by molar-refractivity contribution is -0.144. The number of methoxy groups -OCH3 is 1. The molecule has 0 aromatic heterocycles. The highest BCUT2D eigenvalue weighted by Gasteiger charge is 2.38. The van der Waals surface area contributed by atoms with Gasteiger partial charge in [0.2, 0.25) is 5.91 Å². The maximum absolute atomic E-state index is 13.4. The van der Waals surface area contributed by atoms with E-state index in [0.29, 0.717) is 24.9 Å². The largest absolute Gasteiger partial charge is 0.481 e. The summed E-state index contributed by atoms with van der Waals surface area (Å²) in [5.41, 5.74) is 7.28. The first-order chi connectivity index (χ1) is 14.5. The Morgan fingerprint density at radius 2 is 1.94 bits per heavy atom. The molecule has 1 amide bonds. The number of carboxylic acid groups (broad SMARTS) is 1. The van der Waals surface area contributed by atoms with E-state index in [1.54, 1.807) is 0 Å². The number of hydrogen-bond acceptors (Lipinski definition) is 6. The Balaban J connectivity index is 2.15. The van der Waals surface area contributed by atoms with Gasteiger partial charge < -0.3 is 20.7 Å². The molecule has 1 aromatic carbocycles. The maximum Gasteiger partial charge on any atom is 0.328 e. The molecule has 4 atom stereocenters. The second-order valence-electron chi connectivity index (χ2n) is 9.22. The minimum atomic E-state index is -0.988. The monoisotopic (exact) mass is 434 g/mol. The molecule has 0 fully saturated rings. The molecular weight excluding hydrogens is 400 g/mol. The average Bonchev–Trinajstić information content (AvgIpc) is 2.71. The second kappa shape index (κ2) is 10.2. The van der Waals surface area contributed by atoms with E-state index in [1.165, 1.54) is 18.9 Å². The summed E-state index contributed by atoms with van der Waals surface area (Å²) >= 11 is 0. The van der Waals surface area contributed by atoms with Gasteiger partial charge in [-0.15, -0.1) is 0 Å². The molecule has 31 heavy (non-hydrogen) atoms. The summed E-state index contributed by atoms with van der Waals surface area (Å²) in [5.74, 6) is -2.36. The van der Waals surface area contributed by atoms with Crippen LogP contribution in [0.15, 0.2) is 24.3 Å². The zero-order valence-corrected chi connectivity index (χ0v) is 18.7. The fraction of sp³-hybridized carbons (Fsp3) is 0.609. The summed E-state index contributed by atoms with van der Waals surface area (Å²) in [6.07, 6.45) is 0.668. The SMILES string of the molecule is COC(=O)[C@H]1CCc2ccccc2N1C(=O)CC(C)(C)C[C@H](N)[C@@H](O)C[C@@H](C)C(=O)O. The van der Waals surface area contributed by atoms with E-state index in [-0.39, 0.29) is 18.7 Å². The maximum atomic E-state index is 13.4. The molecule has 1 aliphatic rings. The van der Waals surface area contributed by atoms with Crippen molar-refractivity contribution in [2.24, 2.45) is 17.1 Å². The van der Waals surface area contributed by atoms with Gasteiger partial charge in [0.15, 0.2) is 0 Å². The van der Waals surface area contributed by atoms with E-state index in [2.05, 4.69) is 0 Å². The zero-order chi connectivity index (χ0) is 23.3. The minimum Gasteiger partial charge on any atom is -0.481 e. The average molecular weight is 435 g/mol. The number of esters is 1. The number of amides is 1. The molecule has 1 heterocycles. The minimum absolute atomic E-state index is 0.0461. The van der Waals surface area contributed by atoms with Crippen LogP contribution in [0.2, 0.25) is 0 Å². The summed E-state index contributed by atoms with van der Waals surface area (Å²) in [6, 6.07) is 6.17. The molecule has 0 saturated carbocycles. The highest BCUT2D eigenvalue weighted by molar-refractivity contribution is 6.01. The number of carboxylic acids is 1. The Labute approximate surface area is 183 Å². The number of carbonyl (C=O) groups is 3. The molecule has 1 aromatic rings. The standard InChI is InChI=1S/C23H34N2O6/c1-14(21(28)29)11-19(26)16(24)12-23(2,3)13-20(27)25-17-8-6-5-7-15(17)9-10-18(25)22(30)31-4/h5-8,14,16,18-19,26H,9-13,24H2,1-4H3,(H,28,29)/t14-,16+,18-,19+/m1/s1. The summed E-state index contributed by atoms with van der Waals surface area (Å²) < 4.78 is 4.93. The molecule has 1 aliphatic heterocycles. The molecule has 0 radical (unpaired) electrons. The number of nitrogens with two attached hydrogens (primary N) is 1. The lowest BCUT2D eigenvalue weighted by Gasteiger charge is -2.38. The number of benzene rings is 1. The summed E-state index contributed by atoms with van der Waals surface area (Å²) in [7, 11) is 1.31. The topological polar surface area (TPSA) is 130 Å². The van der Waals surface area contributed by atoms with Gasteiger partial charge >= 0.3 is 11.9 Å². The van der Waals surface area contributed by atoms with Gasteiger partial charge in [-0.3, -0.25) is 14.5 Å².